The Labute approximate surface area is 127 Å². The van der Waals surface area contributed by atoms with Crippen LogP contribution >= 0.6 is 15.9 Å². The van der Waals surface area contributed by atoms with Crippen LogP contribution in [0.25, 0.3) is 0 Å². The number of hydrogen-bond donors (Lipinski definition) is 2. The molecule has 0 fully saturated rings. The van der Waals surface area contributed by atoms with Crippen molar-refractivity contribution in [3.63, 3.8) is 0 Å². The van der Waals surface area contributed by atoms with Gasteiger partial charge in [-0.2, -0.15) is 0 Å². The van der Waals surface area contributed by atoms with Crippen LogP contribution in [0.4, 0.5) is 0 Å². The highest BCUT2D eigenvalue weighted by atomic mass is 79.9. The molecule has 0 aliphatic rings. The van der Waals surface area contributed by atoms with Gasteiger partial charge in [-0.1, -0.05) is 0 Å². The molecular weight excluding hydrogens is 324 g/mol. The minimum absolute atomic E-state index is 0.235. The van der Waals surface area contributed by atoms with E-state index >= 15 is 0 Å². The number of nitrogens with one attached hydrogen (secondary N) is 2. The maximum atomic E-state index is 11.9. The number of halogens is 1. The van der Waals surface area contributed by atoms with Gasteiger partial charge in [-0.3, -0.25) is 4.79 Å². The van der Waals surface area contributed by atoms with Crippen molar-refractivity contribution in [2.24, 2.45) is 0 Å². The molecule has 6 heteroatoms. The van der Waals surface area contributed by atoms with Crippen LogP contribution < -0.4 is 15.8 Å². The molecule has 1 rings (SSSR count). The van der Waals surface area contributed by atoms with Crippen LogP contribution in [0.3, 0.4) is 0 Å². The van der Waals surface area contributed by atoms with Gasteiger partial charge in [0.25, 0.3) is 5.91 Å². The second-order valence-corrected chi connectivity index (χ2v) is 6.22. The first-order valence-electron chi connectivity index (χ1n) is 6.75. The lowest BCUT2D eigenvalue weighted by Crippen LogP contribution is -3.18. The van der Waals surface area contributed by atoms with Crippen molar-refractivity contribution < 1.29 is 14.1 Å². The fourth-order valence-electron chi connectivity index (χ4n) is 2.19. The van der Waals surface area contributed by atoms with Crippen molar-refractivity contribution in [2.45, 2.75) is 39.8 Å². The molecule has 1 heterocycles. The molecule has 0 radical (unpaired) electrons. The maximum absolute atomic E-state index is 11.9. The van der Waals surface area contributed by atoms with Crippen molar-refractivity contribution in [3.8, 4) is 0 Å². The highest BCUT2D eigenvalue weighted by molar-refractivity contribution is 9.10. The van der Waals surface area contributed by atoms with E-state index in [1.54, 1.807) is 0 Å². The zero-order valence-electron chi connectivity index (χ0n) is 12.3. The molecule has 0 aliphatic heterocycles. The van der Waals surface area contributed by atoms with E-state index in [2.05, 4.69) is 48.9 Å². The quantitative estimate of drug-likeness (QED) is 0.802. The third-order valence-electron chi connectivity index (χ3n) is 3.21. The molecule has 2 N–H and O–H groups in total. The van der Waals surface area contributed by atoms with E-state index in [1.807, 2.05) is 0 Å². The van der Waals surface area contributed by atoms with Crippen LogP contribution in [0.1, 0.15) is 38.1 Å². The van der Waals surface area contributed by atoms with E-state index in [4.69, 9.17) is 4.42 Å². The molecule has 0 aliphatic carbocycles. The highest BCUT2D eigenvalue weighted by Crippen LogP contribution is 2.06. The van der Waals surface area contributed by atoms with Gasteiger partial charge in [0, 0.05) is 0 Å². The van der Waals surface area contributed by atoms with Gasteiger partial charge in [-0.25, -0.2) is 4.79 Å². The number of rotatable bonds is 6. The minimum Gasteiger partial charge on any atom is -0.430 e. The molecule has 0 atom stereocenters. The molecule has 0 saturated carbocycles. The third kappa shape index (κ3) is 4.76. The summed E-state index contributed by atoms with van der Waals surface area (Å²) in [5.74, 6) is -0.235. The van der Waals surface area contributed by atoms with Crippen molar-refractivity contribution >= 4 is 21.8 Å². The van der Waals surface area contributed by atoms with Gasteiger partial charge < -0.3 is 14.6 Å². The van der Waals surface area contributed by atoms with Gasteiger partial charge in [0.2, 0.25) is 0 Å². The minimum atomic E-state index is -0.489. The molecule has 0 bridgehead atoms. The lowest BCUT2D eigenvalue weighted by molar-refractivity contribution is -0.941. The normalized spacial score (nSPS) is 11.4. The van der Waals surface area contributed by atoms with E-state index in [9.17, 15) is 9.59 Å². The molecule has 1 aromatic rings. The molecular formula is C14H22BrN2O3+. The van der Waals surface area contributed by atoms with E-state index in [1.165, 1.54) is 17.2 Å². The van der Waals surface area contributed by atoms with E-state index in [0.29, 0.717) is 24.2 Å². The predicted molar refractivity (Wildman–Crippen MR) is 81.1 cm³/mol. The molecule has 112 valence electrons. The van der Waals surface area contributed by atoms with E-state index in [-0.39, 0.29) is 10.4 Å². The Kier molecular flexibility index (Phi) is 6.42. The molecule has 20 heavy (non-hydrogen) atoms. The van der Waals surface area contributed by atoms with Crippen LogP contribution in [0.15, 0.2) is 26.0 Å². The Balaban J connectivity index is 2.55. The van der Waals surface area contributed by atoms with Crippen molar-refractivity contribution in [3.05, 3.63) is 32.8 Å². The predicted octanol–water partition coefficient (Wildman–Crippen LogP) is 0.834. The Morgan fingerprint density at radius 3 is 2.45 bits per heavy atom. The molecule has 0 aromatic carbocycles. The standard InChI is InChI=1S/C14H21BrN2O3/c1-9(2)17(10(3)4)6-5-16-13(18)11-7-12(15)14(19)20-8-11/h7-10H,5-6H2,1-4H3,(H,16,18)/p+1. The van der Waals surface area contributed by atoms with Crippen molar-refractivity contribution in [1.29, 1.82) is 0 Å². The molecule has 1 amide bonds. The zero-order chi connectivity index (χ0) is 15.3. The number of quaternary nitrogens is 1. The number of carbonyl (C=O) groups is 1. The lowest BCUT2D eigenvalue weighted by Gasteiger charge is -2.27. The largest absolute Gasteiger partial charge is 0.430 e. The van der Waals surface area contributed by atoms with E-state index in [0.717, 1.165) is 6.54 Å². The smallest absolute Gasteiger partial charge is 0.350 e. The van der Waals surface area contributed by atoms with Gasteiger partial charge >= 0.3 is 5.63 Å². The Hall–Kier alpha value is -1.14. The number of amides is 1. The number of hydrogen-bond acceptors (Lipinski definition) is 3. The Morgan fingerprint density at radius 2 is 1.95 bits per heavy atom. The third-order valence-corrected chi connectivity index (χ3v) is 3.77. The fraction of sp³-hybridized carbons (Fsp3) is 0.571. The van der Waals surface area contributed by atoms with Gasteiger partial charge in [0.05, 0.1) is 30.7 Å². The molecule has 0 unspecified atom stereocenters. The van der Waals surface area contributed by atoms with Crippen molar-refractivity contribution in [2.75, 3.05) is 13.1 Å². The molecule has 5 nitrogen and oxygen atoms in total. The summed E-state index contributed by atoms with van der Waals surface area (Å²) in [5, 5.41) is 2.84. The van der Waals surface area contributed by atoms with Crippen molar-refractivity contribution in [1.82, 2.24) is 5.32 Å². The van der Waals surface area contributed by atoms with Crippen LogP contribution in [0, 0.1) is 0 Å². The maximum Gasteiger partial charge on any atom is 0.350 e. The first-order valence-corrected chi connectivity index (χ1v) is 7.54. The lowest BCUT2D eigenvalue weighted by atomic mass is 10.2. The van der Waals surface area contributed by atoms with Gasteiger partial charge in [0.15, 0.2) is 0 Å². The Morgan fingerprint density at radius 1 is 1.35 bits per heavy atom. The topological polar surface area (TPSA) is 63.8 Å². The zero-order valence-corrected chi connectivity index (χ0v) is 13.9. The second kappa shape index (κ2) is 7.59. The summed E-state index contributed by atoms with van der Waals surface area (Å²) >= 11 is 3.05. The van der Waals surface area contributed by atoms with Crippen LogP contribution in [0.5, 0.6) is 0 Å². The monoisotopic (exact) mass is 345 g/mol. The van der Waals surface area contributed by atoms with Gasteiger partial charge in [-0.05, 0) is 49.7 Å². The molecule has 0 spiro atoms. The average Bonchev–Trinajstić information content (AvgIpc) is 2.36. The second-order valence-electron chi connectivity index (χ2n) is 5.36. The fourth-order valence-corrected chi connectivity index (χ4v) is 2.53. The highest BCUT2D eigenvalue weighted by Gasteiger charge is 2.17. The number of carbonyl (C=O) groups excluding carboxylic acids is 1. The summed E-state index contributed by atoms with van der Waals surface area (Å²) in [4.78, 5) is 24.5. The molecule has 1 aromatic heterocycles. The first kappa shape index (κ1) is 16.9. The summed E-state index contributed by atoms with van der Waals surface area (Å²) < 4.78 is 5.00. The van der Waals surface area contributed by atoms with Gasteiger partial charge in [0.1, 0.15) is 10.7 Å². The summed E-state index contributed by atoms with van der Waals surface area (Å²) in [6.07, 6.45) is 1.18. The SMILES string of the molecule is CC(C)[NH+](CCNC(=O)c1coc(=O)c(Br)c1)C(C)C. The Bertz CT molecular complexity index is 503. The van der Waals surface area contributed by atoms with Gasteiger partial charge in [-0.15, -0.1) is 0 Å². The summed E-state index contributed by atoms with van der Waals surface area (Å²) in [6, 6.07) is 2.49. The average molecular weight is 346 g/mol. The first-order chi connectivity index (χ1) is 9.32. The summed E-state index contributed by atoms with van der Waals surface area (Å²) in [5.41, 5.74) is -0.149. The summed E-state index contributed by atoms with van der Waals surface area (Å²) in [6.45, 7) is 10.1. The van der Waals surface area contributed by atoms with Crippen LogP contribution in [-0.4, -0.2) is 31.1 Å². The molecule has 0 saturated heterocycles. The van der Waals surface area contributed by atoms with E-state index < -0.39 is 5.63 Å². The summed E-state index contributed by atoms with van der Waals surface area (Å²) in [7, 11) is 0. The van der Waals surface area contributed by atoms with Crippen LogP contribution in [0.2, 0.25) is 0 Å². The van der Waals surface area contributed by atoms with Crippen LogP contribution in [-0.2, 0) is 0 Å².